The number of carbonyl (C=O) groups excluding carboxylic acids is 1. The van der Waals surface area contributed by atoms with E-state index in [0.29, 0.717) is 5.56 Å². The first-order valence-electron chi connectivity index (χ1n) is 5.44. The molecular weight excluding hydrogens is 220 g/mol. The maximum Gasteiger partial charge on any atom is 0.338 e. The molecule has 94 valence electrons. The van der Waals surface area contributed by atoms with Crippen LogP contribution in [0.1, 0.15) is 34.7 Å². The van der Waals surface area contributed by atoms with Crippen molar-refractivity contribution in [1.29, 1.82) is 0 Å². The van der Waals surface area contributed by atoms with Crippen molar-refractivity contribution in [1.82, 2.24) is 0 Å². The molecule has 0 aromatic heterocycles. The zero-order chi connectivity index (χ0) is 12.8. The van der Waals surface area contributed by atoms with Crippen molar-refractivity contribution in [2.45, 2.75) is 19.6 Å². The smallest absolute Gasteiger partial charge is 0.338 e. The van der Waals surface area contributed by atoms with Crippen molar-refractivity contribution < 1.29 is 19.0 Å². The predicted octanol–water partition coefficient (Wildman–Crippen LogP) is 2.33. The molecule has 0 spiro atoms. The van der Waals surface area contributed by atoms with Gasteiger partial charge in [-0.3, -0.25) is 0 Å². The second kappa shape index (κ2) is 6.37. The lowest BCUT2D eigenvalue weighted by molar-refractivity contribution is -0.106. The maximum absolute atomic E-state index is 11.5. The highest BCUT2D eigenvalue weighted by atomic mass is 16.7. The molecule has 4 nitrogen and oxygen atoms in total. The van der Waals surface area contributed by atoms with E-state index in [1.54, 1.807) is 20.3 Å². The van der Waals surface area contributed by atoms with E-state index in [1.807, 2.05) is 19.1 Å². The number of ether oxygens (including phenoxy) is 3. The molecular formula is C13H18O4. The number of esters is 1. The van der Waals surface area contributed by atoms with Crippen molar-refractivity contribution in [3.05, 3.63) is 34.9 Å². The van der Waals surface area contributed by atoms with Crippen LogP contribution in [-0.2, 0) is 20.6 Å². The summed E-state index contributed by atoms with van der Waals surface area (Å²) >= 11 is 0. The van der Waals surface area contributed by atoms with Crippen LogP contribution < -0.4 is 0 Å². The predicted molar refractivity (Wildman–Crippen MR) is 63.9 cm³/mol. The Morgan fingerprint density at radius 2 is 1.88 bits per heavy atom. The first-order valence-corrected chi connectivity index (χ1v) is 5.44. The van der Waals surface area contributed by atoms with Gasteiger partial charge in [-0.05, 0) is 24.1 Å². The molecule has 17 heavy (non-hydrogen) atoms. The fraction of sp³-hybridized carbons (Fsp3) is 0.462. The van der Waals surface area contributed by atoms with Gasteiger partial charge in [0.05, 0.1) is 12.7 Å². The van der Waals surface area contributed by atoms with Gasteiger partial charge in [-0.25, -0.2) is 4.79 Å². The largest absolute Gasteiger partial charge is 0.465 e. The van der Waals surface area contributed by atoms with Gasteiger partial charge >= 0.3 is 5.97 Å². The lowest BCUT2D eigenvalue weighted by atomic mass is 10.0. The first-order chi connectivity index (χ1) is 8.17. The SMILES string of the molecule is CCc1cc(C(OC)OC)ccc1C(=O)OC. The summed E-state index contributed by atoms with van der Waals surface area (Å²) in [6.45, 7) is 1.99. The summed E-state index contributed by atoms with van der Waals surface area (Å²) < 4.78 is 15.1. The molecule has 4 heteroatoms. The van der Waals surface area contributed by atoms with E-state index in [2.05, 4.69) is 0 Å². The van der Waals surface area contributed by atoms with Crippen LogP contribution in [0, 0.1) is 0 Å². The number of carbonyl (C=O) groups is 1. The second-order valence-corrected chi connectivity index (χ2v) is 3.57. The number of methoxy groups -OCH3 is 3. The molecule has 0 aliphatic heterocycles. The number of benzene rings is 1. The van der Waals surface area contributed by atoms with E-state index < -0.39 is 6.29 Å². The normalized spacial score (nSPS) is 10.6. The highest BCUT2D eigenvalue weighted by Gasteiger charge is 2.15. The van der Waals surface area contributed by atoms with Crippen molar-refractivity contribution >= 4 is 5.97 Å². The van der Waals surface area contributed by atoms with E-state index >= 15 is 0 Å². The van der Waals surface area contributed by atoms with Gasteiger partial charge in [-0.15, -0.1) is 0 Å². The van der Waals surface area contributed by atoms with Crippen LogP contribution >= 0.6 is 0 Å². The highest BCUT2D eigenvalue weighted by molar-refractivity contribution is 5.91. The number of hydrogen-bond donors (Lipinski definition) is 0. The summed E-state index contributed by atoms with van der Waals surface area (Å²) in [4.78, 5) is 11.5. The van der Waals surface area contributed by atoms with Crippen molar-refractivity contribution in [3.63, 3.8) is 0 Å². The highest BCUT2D eigenvalue weighted by Crippen LogP contribution is 2.21. The van der Waals surface area contributed by atoms with Gasteiger partial charge in [0.25, 0.3) is 0 Å². The summed E-state index contributed by atoms with van der Waals surface area (Å²) in [5, 5.41) is 0. The third-order valence-electron chi connectivity index (χ3n) is 2.62. The Labute approximate surface area is 101 Å². The van der Waals surface area contributed by atoms with Crippen LogP contribution in [0.5, 0.6) is 0 Å². The summed E-state index contributed by atoms with van der Waals surface area (Å²) in [7, 11) is 4.53. The quantitative estimate of drug-likeness (QED) is 0.583. The molecule has 0 N–H and O–H groups in total. The molecule has 0 amide bonds. The van der Waals surface area contributed by atoms with Crippen molar-refractivity contribution in [2.75, 3.05) is 21.3 Å². The lowest BCUT2D eigenvalue weighted by Crippen LogP contribution is -2.09. The molecule has 0 aliphatic rings. The molecule has 0 unspecified atom stereocenters. The van der Waals surface area contributed by atoms with Gasteiger partial charge < -0.3 is 14.2 Å². The maximum atomic E-state index is 11.5. The fourth-order valence-corrected chi connectivity index (χ4v) is 1.73. The average molecular weight is 238 g/mol. The van der Waals surface area contributed by atoms with E-state index in [0.717, 1.165) is 17.5 Å². The fourth-order valence-electron chi connectivity index (χ4n) is 1.73. The molecule has 1 aromatic carbocycles. The Morgan fingerprint density at radius 1 is 1.24 bits per heavy atom. The Balaban J connectivity index is 3.12. The molecule has 0 atom stereocenters. The number of hydrogen-bond acceptors (Lipinski definition) is 4. The van der Waals surface area contributed by atoms with Gasteiger partial charge in [-0.1, -0.05) is 13.0 Å². The molecule has 1 aromatic rings. The molecule has 0 heterocycles. The molecule has 0 fully saturated rings. The molecule has 0 saturated carbocycles. The number of rotatable bonds is 5. The second-order valence-electron chi connectivity index (χ2n) is 3.57. The average Bonchev–Trinajstić information content (AvgIpc) is 2.39. The summed E-state index contributed by atoms with van der Waals surface area (Å²) in [5.74, 6) is -0.320. The molecule has 1 rings (SSSR count). The lowest BCUT2D eigenvalue weighted by Gasteiger charge is -2.15. The Bertz CT molecular complexity index is 383. The van der Waals surface area contributed by atoms with Gasteiger partial charge in [0.2, 0.25) is 0 Å². The Kier molecular flexibility index (Phi) is 5.12. The monoisotopic (exact) mass is 238 g/mol. The number of aryl methyl sites for hydroxylation is 1. The van der Waals surface area contributed by atoms with Gasteiger partial charge in [-0.2, -0.15) is 0 Å². The summed E-state index contributed by atoms with van der Waals surface area (Å²) in [6.07, 6.45) is 0.338. The van der Waals surface area contributed by atoms with Gasteiger partial charge in [0.15, 0.2) is 6.29 Å². The van der Waals surface area contributed by atoms with Crippen molar-refractivity contribution in [2.24, 2.45) is 0 Å². The van der Waals surface area contributed by atoms with Crippen LogP contribution in [0.2, 0.25) is 0 Å². The molecule has 0 radical (unpaired) electrons. The van der Waals surface area contributed by atoms with E-state index in [-0.39, 0.29) is 5.97 Å². The first kappa shape index (κ1) is 13.7. The zero-order valence-electron chi connectivity index (χ0n) is 10.6. The molecule has 0 saturated heterocycles. The minimum absolute atomic E-state index is 0.320. The third kappa shape index (κ3) is 3.05. The van der Waals surface area contributed by atoms with Crippen LogP contribution in [0.25, 0.3) is 0 Å². The third-order valence-corrected chi connectivity index (χ3v) is 2.62. The van der Waals surface area contributed by atoms with Crippen LogP contribution in [0.15, 0.2) is 18.2 Å². The molecule has 0 aliphatic carbocycles. The topological polar surface area (TPSA) is 44.8 Å². The molecule has 0 bridgehead atoms. The van der Waals surface area contributed by atoms with Crippen molar-refractivity contribution in [3.8, 4) is 0 Å². The zero-order valence-corrected chi connectivity index (χ0v) is 10.6. The summed E-state index contributed by atoms with van der Waals surface area (Å²) in [5.41, 5.74) is 2.40. The van der Waals surface area contributed by atoms with E-state index in [4.69, 9.17) is 14.2 Å². The van der Waals surface area contributed by atoms with Crippen LogP contribution in [-0.4, -0.2) is 27.3 Å². The Morgan fingerprint density at radius 3 is 2.35 bits per heavy atom. The Hall–Kier alpha value is -1.39. The standard InChI is InChI=1S/C13H18O4/c1-5-9-8-10(13(16-3)17-4)6-7-11(9)12(14)15-2/h6-8,13H,5H2,1-4H3. The van der Waals surface area contributed by atoms with E-state index in [1.165, 1.54) is 7.11 Å². The summed E-state index contributed by atoms with van der Waals surface area (Å²) in [6, 6.07) is 5.46. The van der Waals surface area contributed by atoms with E-state index in [9.17, 15) is 4.79 Å². The van der Waals surface area contributed by atoms with Crippen LogP contribution in [0.4, 0.5) is 0 Å². The van der Waals surface area contributed by atoms with Gasteiger partial charge in [0.1, 0.15) is 0 Å². The van der Waals surface area contributed by atoms with Gasteiger partial charge in [0, 0.05) is 19.8 Å². The van der Waals surface area contributed by atoms with Crippen LogP contribution in [0.3, 0.4) is 0 Å². The minimum atomic E-state index is -0.410. The minimum Gasteiger partial charge on any atom is -0.465 e.